The summed E-state index contributed by atoms with van der Waals surface area (Å²) < 4.78 is 69.6. The second-order valence-electron chi connectivity index (χ2n) is 10.8. The van der Waals surface area contributed by atoms with Gasteiger partial charge in [-0.25, -0.2) is 17.6 Å². The first kappa shape index (κ1) is 25.9. The first-order chi connectivity index (χ1) is 21.4. The summed E-state index contributed by atoms with van der Waals surface area (Å²) in [5.41, 5.74) is 2.75. The number of nitrogens with zero attached hydrogens (tertiary/aromatic N) is 4. The van der Waals surface area contributed by atoms with Crippen molar-refractivity contribution in [2.45, 2.75) is 20.0 Å². The lowest BCUT2D eigenvalue weighted by Crippen LogP contribution is -2.76. The van der Waals surface area contributed by atoms with Gasteiger partial charge in [-0.1, -0.05) is 0 Å². The molecule has 10 heteroatoms. The number of hydrogen-bond acceptors (Lipinski definition) is 2. The van der Waals surface area contributed by atoms with Gasteiger partial charge in [0.05, 0.1) is 0 Å². The molecule has 4 aromatic heterocycles. The van der Waals surface area contributed by atoms with Crippen LogP contribution >= 0.6 is 23.5 Å². The predicted octanol–water partition coefficient (Wildman–Crippen LogP) is 5.67. The standard InChI is InChI=1S/C34H20F4N4S2/c35-21-17-23-31(25(37)19-21)27-9-1-5-13-39(27)33(23)41-15-7-3-11-29(41)44-34(42-16-8-4-12-30(42)43-33)24-18-22(36)20-26(38)32(24)28-10-2-6-14-40(28)34/h1-20H/q+4/t33-,34?/m0/s1. The van der Waals surface area contributed by atoms with Crippen LogP contribution in [0.5, 0.6) is 0 Å². The van der Waals surface area contributed by atoms with E-state index in [1.807, 2.05) is 116 Å². The summed E-state index contributed by atoms with van der Waals surface area (Å²) in [6, 6.07) is 27.1. The number of rotatable bonds is 0. The summed E-state index contributed by atoms with van der Waals surface area (Å²) in [6.07, 6.45) is 7.53. The van der Waals surface area contributed by atoms with Gasteiger partial charge in [-0.15, -0.1) is 18.3 Å². The van der Waals surface area contributed by atoms with E-state index in [9.17, 15) is 0 Å². The SMILES string of the molecule is Fc1cc(F)c2c(c1)C1(Sc3cccc[n+]3[C@]3(Sc4cccc[n+]41)c1cc(F)cc(F)c1-c1cccc[n+]13)[n+]1ccccc1-2. The normalized spacial score (nSPS) is 20.3. The van der Waals surface area contributed by atoms with E-state index in [0.717, 1.165) is 12.1 Å². The van der Waals surface area contributed by atoms with Crippen molar-refractivity contribution in [2.24, 2.45) is 0 Å². The fourth-order valence-electron chi connectivity index (χ4n) is 6.88. The second-order valence-corrected chi connectivity index (χ2v) is 13.2. The molecule has 0 radical (unpaired) electrons. The largest absolute Gasteiger partial charge is 0.450 e. The summed E-state index contributed by atoms with van der Waals surface area (Å²) in [4.78, 5) is -2.38. The van der Waals surface area contributed by atoms with E-state index < -0.39 is 33.3 Å². The third kappa shape index (κ3) is 3.16. The van der Waals surface area contributed by atoms with Gasteiger partial charge >= 0.3 is 9.99 Å². The smallest absolute Gasteiger partial charge is 0.207 e. The highest BCUT2D eigenvalue weighted by Gasteiger charge is 2.71. The van der Waals surface area contributed by atoms with Crippen LogP contribution in [-0.2, 0) is 9.99 Å². The van der Waals surface area contributed by atoms with Crippen LogP contribution in [0.25, 0.3) is 22.5 Å². The molecule has 0 bridgehead atoms. The average Bonchev–Trinajstić information content (AvgIpc) is 3.45. The van der Waals surface area contributed by atoms with Crippen LogP contribution in [0.15, 0.2) is 132 Å². The van der Waals surface area contributed by atoms with Crippen LogP contribution in [0.2, 0.25) is 0 Å². The number of hydrogen-bond donors (Lipinski definition) is 0. The van der Waals surface area contributed by atoms with Gasteiger partial charge in [0.15, 0.2) is 24.8 Å². The molecule has 0 saturated heterocycles. The first-order valence-electron chi connectivity index (χ1n) is 13.9. The Morgan fingerprint density at radius 3 is 1.27 bits per heavy atom. The van der Waals surface area contributed by atoms with Crippen molar-refractivity contribution in [1.29, 1.82) is 0 Å². The Morgan fingerprint density at radius 2 is 0.841 bits per heavy atom. The average molecular weight is 625 g/mol. The molecular weight excluding hydrogens is 605 g/mol. The van der Waals surface area contributed by atoms with Gasteiger partial charge in [0, 0.05) is 60.7 Å². The first-order valence-corrected chi connectivity index (χ1v) is 15.5. The summed E-state index contributed by atoms with van der Waals surface area (Å²) in [7, 11) is 0. The Hall–Kier alpha value is -4.54. The van der Waals surface area contributed by atoms with Crippen molar-refractivity contribution < 1.29 is 35.8 Å². The van der Waals surface area contributed by atoms with E-state index in [1.165, 1.54) is 35.7 Å². The summed E-state index contributed by atoms with van der Waals surface area (Å²) >= 11 is 2.81. The van der Waals surface area contributed by atoms with E-state index in [0.29, 0.717) is 43.7 Å². The maximum Gasteiger partial charge on any atom is 0.450 e. The molecule has 6 aromatic rings. The fourth-order valence-corrected chi connectivity index (χ4v) is 10.0. The van der Waals surface area contributed by atoms with Gasteiger partial charge in [0.2, 0.25) is 11.4 Å². The van der Waals surface area contributed by atoms with Gasteiger partial charge < -0.3 is 0 Å². The lowest BCUT2D eigenvalue weighted by atomic mass is 10.0. The Morgan fingerprint density at radius 1 is 0.455 bits per heavy atom. The van der Waals surface area contributed by atoms with Crippen molar-refractivity contribution in [3.8, 4) is 22.5 Å². The number of fused-ring (bicyclic) bond motifs is 14. The highest BCUT2D eigenvalue weighted by atomic mass is 32.2. The quantitative estimate of drug-likeness (QED) is 0.160. The highest BCUT2D eigenvalue weighted by molar-refractivity contribution is 8.00. The van der Waals surface area contributed by atoms with E-state index in [-0.39, 0.29) is 0 Å². The van der Waals surface area contributed by atoms with E-state index in [2.05, 4.69) is 0 Å². The lowest BCUT2D eigenvalue weighted by molar-refractivity contribution is -0.974. The van der Waals surface area contributed by atoms with Gasteiger partial charge in [-0.05, 0) is 36.4 Å². The van der Waals surface area contributed by atoms with Gasteiger partial charge in [-0.3, -0.25) is 0 Å². The van der Waals surface area contributed by atoms with E-state index in [4.69, 9.17) is 0 Å². The minimum Gasteiger partial charge on any atom is -0.207 e. The topological polar surface area (TPSA) is 15.5 Å². The molecule has 212 valence electrons. The number of pyridine rings is 4. The molecule has 9 rings (SSSR count). The van der Waals surface area contributed by atoms with Gasteiger partial charge in [0.25, 0.3) is 10.1 Å². The molecule has 0 amide bonds. The molecule has 0 saturated carbocycles. The molecule has 0 aliphatic carbocycles. The van der Waals surface area contributed by atoms with Gasteiger partial charge in [-0.2, -0.15) is 0 Å². The van der Waals surface area contributed by atoms with Crippen LogP contribution in [0.4, 0.5) is 17.6 Å². The molecule has 1 unspecified atom stereocenters. The third-order valence-corrected chi connectivity index (χ3v) is 11.4. The number of thioether (sulfide) groups is 2. The van der Waals surface area contributed by atoms with Crippen molar-refractivity contribution in [3.05, 3.63) is 156 Å². The van der Waals surface area contributed by atoms with Crippen molar-refractivity contribution >= 4 is 23.5 Å². The predicted molar refractivity (Wildman–Crippen MR) is 154 cm³/mol. The second kappa shape index (κ2) is 8.99. The fraction of sp³-hybridized carbons (Fsp3) is 0.0588. The number of benzene rings is 2. The van der Waals surface area contributed by atoms with E-state index in [1.54, 1.807) is 0 Å². The van der Waals surface area contributed by atoms with E-state index >= 15 is 17.6 Å². The molecule has 4 nitrogen and oxygen atoms in total. The zero-order valence-corrected chi connectivity index (χ0v) is 24.3. The maximum absolute atomic E-state index is 15.7. The molecule has 2 aromatic carbocycles. The Bertz CT molecular complexity index is 2070. The summed E-state index contributed by atoms with van der Waals surface area (Å²) in [6.45, 7) is 0. The Labute approximate surface area is 257 Å². The minimum atomic E-state index is -1.19. The maximum atomic E-state index is 15.7. The molecule has 2 atom stereocenters. The third-order valence-electron chi connectivity index (χ3n) is 8.49. The van der Waals surface area contributed by atoms with Gasteiger partial charge in [0.1, 0.15) is 69.0 Å². The molecule has 3 aliphatic rings. The van der Waals surface area contributed by atoms with Crippen LogP contribution < -0.4 is 18.3 Å². The molecule has 2 spiro atoms. The Balaban J connectivity index is 1.44. The summed E-state index contributed by atoms with van der Waals surface area (Å²) in [5.74, 6) is -2.66. The molecular formula is C34H20F4N4S2+4. The Kier molecular flexibility index (Phi) is 5.30. The molecule has 0 N–H and O–H groups in total. The highest BCUT2D eigenvalue weighted by Crippen LogP contribution is 2.52. The van der Waals surface area contributed by atoms with Crippen LogP contribution in [0.3, 0.4) is 0 Å². The zero-order chi connectivity index (χ0) is 29.8. The molecule has 44 heavy (non-hydrogen) atoms. The monoisotopic (exact) mass is 624 g/mol. The van der Waals surface area contributed by atoms with Crippen LogP contribution in [0, 0.1) is 23.3 Å². The number of aromatic nitrogens is 4. The zero-order valence-electron chi connectivity index (χ0n) is 22.7. The molecule has 3 aliphatic heterocycles. The number of halogens is 4. The van der Waals surface area contributed by atoms with Crippen LogP contribution in [-0.4, -0.2) is 0 Å². The van der Waals surface area contributed by atoms with Crippen molar-refractivity contribution in [3.63, 3.8) is 0 Å². The van der Waals surface area contributed by atoms with Crippen molar-refractivity contribution in [2.75, 3.05) is 0 Å². The van der Waals surface area contributed by atoms with Crippen molar-refractivity contribution in [1.82, 2.24) is 0 Å². The molecule has 7 heterocycles. The summed E-state index contributed by atoms with van der Waals surface area (Å²) in [5, 5.41) is 1.42. The minimum absolute atomic E-state index is 0.319. The molecule has 0 fully saturated rings. The lowest BCUT2D eigenvalue weighted by Gasteiger charge is -2.26. The van der Waals surface area contributed by atoms with Crippen LogP contribution in [0.1, 0.15) is 11.1 Å².